The van der Waals surface area contributed by atoms with E-state index >= 15 is 0 Å². The van der Waals surface area contributed by atoms with Crippen LogP contribution in [-0.4, -0.2) is 10.9 Å². The number of hydrogen-bond donors (Lipinski definition) is 2. The molecule has 0 radical (unpaired) electrons. The van der Waals surface area contributed by atoms with Crippen molar-refractivity contribution in [2.45, 2.75) is 12.5 Å². The topological polar surface area (TPSA) is 58.6 Å². The van der Waals surface area contributed by atoms with E-state index in [-0.39, 0.29) is 24.2 Å². The van der Waals surface area contributed by atoms with Gasteiger partial charge < -0.3 is 10.8 Å². The highest BCUT2D eigenvalue weighted by molar-refractivity contribution is 5.99. The number of fused-ring (bicyclic) bond motifs is 1. The molecule has 3 rings (SSSR count). The minimum atomic E-state index is 0. The molecule has 1 heterocycles. The van der Waals surface area contributed by atoms with Crippen molar-refractivity contribution in [1.29, 1.82) is 0 Å². The Bertz CT molecular complexity index is 608. The summed E-state index contributed by atoms with van der Waals surface area (Å²) in [6, 6.07) is 15.3. The predicted octanol–water partition coefficient (Wildman–Crippen LogP) is 2.82. The third kappa shape index (κ3) is 2.56. The van der Waals surface area contributed by atoms with Crippen LogP contribution < -0.4 is 5.73 Å². The molecule has 98 valence electrons. The summed E-state index contributed by atoms with van der Waals surface area (Å²) in [6.07, 6.45) is 0.849. The third-order valence-electron chi connectivity index (χ3n) is 3.28. The highest BCUT2D eigenvalue weighted by Crippen LogP contribution is 2.29. The van der Waals surface area contributed by atoms with Crippen molar-refractivity contribution < 1.29 is 5.11 Å². The van der Waals surface area contributed by atoms with Crippen LogP contribution in [-0.2, 0) is 6.42 Å². The van der Waals surface area contributed by atoms with Gasteiger partial charge in [0.05, 0.1) is 6.04 Å². The number of phenols is 1. The molecule has 1 aliphatic rings. The number of benzene rings is 2. The number of rotatable bonds is 1. The first-order valence-electron chi connectivity index (χ1n) is 5.94. The van der Waals surface area contributed by atoms with E-state index in [9.17, 15) is 5.11 Å². The molecule has 0 aliphatic carbocycles. The molecule has 1 atom stereocenters. The lowest BCUT2D eigenvalue weighted by Crippen LogP contribution is -2.22. The molecule has 0 saturated heterocycles. The molecule has 3 nitrogen and oxygen atoms in total. The first kappa shape index (κ1) is 13.4. The maximum atomic E-state index is 9.30. The van der Waals surface area contributed by atoms with Gasteiger partial charge >= 0.3 is 0 Å². The van der Waals surface area contributed by atoms with E-state index in [4.69, 9.17) is 5.73 Å². The number of nitrogens with zero attached hydrogens (tertiary/aromatic N) is 1. The molecular formula is C15H15ClN2O. The number of amidine groups is 1. The Kier molecular flexibility index (Phi) is 3.76. The summed E-state index contributed by atoms with van der Waals surface area (Å²) in [7, 11) is 0. The molecule has 0 fully saturated rings. The van der Waals surface area contributed by atoms with Crippen LogP contribution in [0.5, 0.6) is 5.75 Å². The molecular weight excluding hydrogens is 260 g/mol. The van der Waals surface area contributed by atoms with Gasteiger partial charge in [0.15, 0.2) is 0 Å². The molecule has 0 spiro atoms. The summed E-state index contributed by atoms with van der Waals surface area (Å²) >= 11 is 0. The van der Waals surface area contributed by atoms with Crippen LogP contribution >= 0.6 is 12.4 Å². The van der Waals surface area contributed by atoms with Gasteiger partial charge in [-0.1, -0.05) is 36.4 Å². The van der Waals surface area contributed by atoms with Gasteiger partial charge in [0.1, 0.15) is 11.6 Å². The van der Waals surface area contributed by atoms with E-state index < -0.39 is 0 Å². The summed E-state index contributed by atoms with van der Waals surface area (Å²) in [5, 5.41) is 9.30. The molecule has 0 amide bonds. The Morgan fingerprint density at radius 2 is 1.74 bits per heavy atom. The van der Waals surface area contributed by atoms with E-state index in [1.807, 2.05) is 30.3 Å². The zero-order valence-electron chi connectivity index (χ0n) is 10.3. The Hall–Kier alpha value is -2.00. The summed E-state index contributed by atoms with van der Waals surface area (Å²) in [5.41, 5.74) is 9.34. The maximum Gasteiger partial charge on any atom is 0.126 e. The smallest absolute Gasteiger partial charge is 0.126 e. The van der Waals surface area contributed by atoms with Crippen molar-refractivity contribution in [3.8, 4) is 5.75 Å². The Balaban J connectivity index is 0.00000133. The number of halogens is 1. The average molecular weight is 275 g/mol. The molecule has 19 heavy (non-hydrogen) atoms. The SMILES string of the molecule is Cl.NC1=NC(c2ccc(O)cc2)Cc2ccccc21. The number of phenolic OH excluding ortho intramolecular Hbond substituents is 1. The average Bonchev–Trinajstić information content (AvgIpc) is 2.39. The summed E-state index contributed by atoms with van der Waals surface area (Å²) in [4.78, 5) is 4.54. The second-order valence-corrected chi connectivity index (χ2v) is 4.48. The van der Waals surface area contributed by atoms with E-state index in [0.717, 1.165) is 17.5 Å². The van der Waals surface area contributed by atoms with Crippen LogP contribution in [0.25, 0.3) is 0 Å². The third-order valence-corrected chi connectivity index (χ3v) is 3.28. The van der Waals surface area contributed by atoms with Gasteiger partial charge in [-0.05, 0) is 29.7 Å². The molecule has 0 aromatic heterocycles. The quantitative estimate of drug-likeness (QED) is 0.840. The minimum Gasteiger partial charge on any atom is -0.508 e. The number of hydrogen-bond acceptors (Lipinski definition) is 3. The van der Waals surface area contributed by atoms with Crippen LogP contribution in [0, 0.1) is 0 Å². The van der Waals surface area contributed by atoms with Gasteiger partial charge in [-0.15, -0.1) is 12.4 Å². The molecule has 3 N–H and O–H groups in total. The van der Waals surface area contributed by atoms with Crippen molar-refractivity contribution >= 4 is 18.2 Å². The first-order chi connectivity index (χ1) is 8.74. The lowest BCUT2D eigenvalue weighted by Gasteiger charge is -2.21. The molecule has 1 unspecified atom stereocenters. The zero-order chi connectivity index (χ0) is 12.5. The second kappa shape index (κ2) is 5.33. The van der Waals surface area contributed by atoms with Crippen LogP contribution in [0.4, 0.5) is 0 Å². The number of aliphatic imine (C=N–C) groups is 1. The van der Waals surface area contributed by atoms with Crippen molar-refractivity contribution in [2.24, 2.45) is 10.7 Å². The van der Waals surface area contributed by atoms with Gasteiger partial charge in [-0.25, -0.2) is 0 Å². The largest absolute Gasteiger partial charge is 0.508 e. The fourth-order valence-electron chi connectivity index (χ4n) is 2.33. The summed E-state index contributed by atoms with van der Waals surface area (Å²) < 4.78 is 0. The van der Waals surface area contributed by atoms with Gasteiger partial charge in [0.2, 0.25) is 0 Å². The molecule has 2 aromatic carbocycles. The zero-order valence-corrected chi connectivity index (χ0v) is 11.1. The van der Waals surface area contributed by atoms with Crippen molar-refractivity contribution in [3.05, 3.63) is 65.2 Å². The molecule has 4 heteroatoms. The standard InChI is InChI=1S/C15H14N2O.ClH/c16-15-13-4-2-1-3-11(13)9-14(17-15)10-5-7-12(18)8-6-10;/h1-8,14,18H,9H2,(H2,16,17);1H. The normalized spacial score (nSPS) is 17.1. The summed E-state index contributed by atoms with van der Waals surface area (Å²) in [5.74, 6) is 0.863. The van der Waals surface area contributed by atoms with Crippen molar-refractivity contribution in [2.75, 3.05) is 0 Å². The number of nitrogens with two attached hydrogens (primary N) is 1. The minimum absolute atomic E-state index is 0. The Labute approximate surface area is 118 Å². The Morgan fingerprint density at radius 1 is 1.05 bits per heavy atom. The molecule has 0 saturated carbocycles. The summed E-state index contributed by atoms with van der Waals surface area (Å²) in [6.45, 7) is 0. The second-order valence-electron chi connectivity index (χ2n) is 4.48. The molecule has 0 bridgehead atoms. The van der Waals surface area contributed by atoms with E-state index in [0.29, 0.717) is 5.84 Å². The lowest BCUT2D eigenvalue weighted by atomic mass is 9.92. The Morgan fingerprint density at radius 3 is 2.47 bits per heavy atom. The van der Waals surface area contributed by atoms with Gasteiger partial charge in [-0.3, -0.25) is 4.99 Å². The van der Waals surface area contributed by atoms with Crippen LogP contribution in [0.3, 0.4) is 0 Å². The van der Waals surface area contributed by atoms with Crippen molar-refractivity contribution in [1.82, 2.24) is 0 Å². The molecule has 1 aliphatic heterocycles. The van der Waals surface area contributed by atoms with Crippen molar-refractivity contribution in [3.63, 3.8) is 0 Å². The van der Waals surface area contributed by atoms with Crippen LogP contribution in [0.15, 0.2) is 53.5 Å². The fourth-order valence-corrected chi connectivity index (χ4v) is 2.33. The first-order valence-corrected chi connectivity index (χ1v) is 5.94. The van der Waals surface area contributed by atoms with E-state index in [1.54, 1.807) is 12.1 Å². The van der Waals surface area contributed by atoms with E-state index in [1.165, 1.54) is 5.56 Å². The van der Waals surface area contributed by atoms with Gasteiger partial charge in [-0.2, -0.15) is 0 Å². The highest BCUT2D eigenvalue weighted by Gasteiger charge is 2.20. The van der Waals surface area contributed by atoms with Gasteiger partial charge in [0.25, 0.3) is 0 Å². The van der Waals surface area contributed by atoms with Gasteiger partial charge in [0, 0.05) is 5.56 Å². The molecule has 2 aromatic rings. The van der Waals surface area contributed by atoms with E-state index in [2.05, 4.69) is 11.1 Å². The van der Waals surface area contributed by atoms with Crippen LogP contribution in [0.1, 0.15) is 22.7 Å². The number of aromatic hydroxyl groups is 1. The highest BCUT2D eigenvalue weighted by atomic mass is 35.5. The fraction of sp³-hybridized carbons (Fsp3) is 0.133. The predicted molar refractivity (Wildman–Crippen MR) is 79.0 cm³/mol. The maximum absolute atomic E-state index is 9.30. The lowest BCUT2D eigenvalue weighted by molar-refractivity contribution is 0.475. The monoisotopic (exact) mass is 274 g/mol. The van der Waals surface area contributed by atoms with Crippen LogP contribution in [0.2, 0.25) is 0 Å².